The van der Waals surface area contributed by atoms with Crippen molar-refractivity contribution in [1.82, 2.24) is 0 Å². The Hall–Kier alpha value is -0.730. The van der Waals surface area contributed by atoms with Gasteiger partial charge in [0, 0.05) is 6.04 Å². The first kappa shape index (κ1) is 13.9. The molecule has 5 rings (SSSR count). The summed E-state index contributed by atoms with van der Waals surface area (Å²) >= 11 is 6.14. The van der Waals surface area contributed by atoms with Gasteiger partial charge in [-0.25, -0.2) is 0 Å². The summed E-state index contributed by atoms with van der Waals surface area (Å²) in [6.45, 7) is 0. The second-order valence-electron chi connectivity index (χ2n) is 7.43. The Labute approximate surface area is 132 Å². The Bertz CT molecular complexity index is 516. The van der Waals surface area contributed by atoms with Gasteiger partial charge in [0.25, 0.3) is 0 Å². The van der Waals surface area contributed by atoms with Crippen molar-refractivity contribution in [3.05, 3.63) is 28.8 Å². The van der Waals surface area contributed by atoms with Crippen LogP contribution in [0.4, 0.5) is 0 Å². The highest BCUT2D eigenvalue weighted by Gasteiger charge is 2.50. The highest BCUT2D eigenvalue weighted by molar-refractivity contribution is 6.32. The molecule has 2 nitrogen and oxygen atoms in total. The van der Waals surface area contributed by atoms with E-state index in [-0.39, 0.29) is 6.04 Å². The van der Waals surface area contributed by atoms with Crippen molar-refractivity contribution >= 4 is 11.6 Å². The number of hydrogen-bond donors (Lipinski definition) is 1. The van der Waals surface area contributed by atoms with Gasteiger partial charge in [0.2, 0.25) is 0 Å². The van der Waals surface area contributed by atoms with Crippen molar-refractivity contribution in [2.75, 3.05) is 7.11 Å². The lowest BCUT2D eigenvalue weighted by Crippen LogP contribution is -2.48. The number of methoxy groups -OCH3 is 1. The maximum absolute atomic E-state index is 6.70. The second kappa shape index (κ2) is 5.17. The fraction of sp³-hybridized carbons (Fsp3) is 0.667. The summed E-state index contributed by atoms with van der Waals surface area (Å²) in [5, 5.41) is 0.665. The Morgan fingerprint density at radius 2 is 1.71 bits per heavy atom. The van der Waals surface area contributed by atoms with Gasteiger partial charge in [0.05, 0.1) is 12.1 Å². The van der Waals surface area contributed by atoms with Crippen molar-refractivity contribution < 1.29 is 4.74 Å². The molecular formula is C18H24ClNO. The first-order valence-corrected chi connectivity index (χ1v) is 8.62. The van der Waals surface area contributed by atoms with Gasteiger partial charge in [0.15, 0.2) is 0 Å². The minimum atomic E-state index is 0.131. The molecule has 1 aromatic carbocycles. The zero-order valence-corrected chi connectivity index (χ0v) is 13.4. The minimum absolute atomic E-state index is 0.131. The van der Waals surface area contributed by atoms with Crippen LogP contribution in [0.5, 0.6) is 5.75 Å². The van der Waals surface area contributed by atoms with Crippen LogP contribution in [0.1, 0.15) is 43.7 Å². The third-order valence-corrected chi connectivity index (χ3v) is 6.59. The molecule has 0 amide bonds. The standard InChI is InChI=1S/C18H24ClNO/c1-21-16-9-12(2-3-15(16)19)18(20)17-13-5-10-4-11(7-13)8-14(17)6-10/h2-3,9-11,13-14,17-18H,4-8,20H2,1H3. The van der Waals surface area contributed by atoms with E-state index >= 15 is 0 Å². The lowest BCUT2D eigenvalue weighted by Gasteiger charge is -2.56. The van der Waals surface area contributed by atoms with Crippen molar-refractivity contribution in [3.8, 4) is 5.75 Å². The van der Waals surface area contributed by atoms with Crippen molar-refractivity contribution in [1.29, 1.82) is 0 Å². The molecule has 21 heavy (non-hydrogen) atoms. The number of benzene rings is 1. The van der Waals surface area contributed by atoms with Crippen LogP contribution in [0.15, 0.2) is 18.2 Å². The molecule has 0 aromatic heterocycles. The molecular weight excluding hydrogens is 282 g/mol. The van der Waals surface area contributed by atoms with E-state index < -0.39 is 0 Å². The summed E-state index contributed by atoms with van der Waals surface area (Å²) in [7, 11) is 1.67. The molecule has 0 radical (unpaired) electrons. The van der Waals surface area contributed by atoms with E-state index in [0.29, 0.717) is 10.9 Å². The Kier molecular flexibility index (Phi) is 3.42. The molecule has 0 spiro atoms. The molecule has 4 aliphatic rings. The molecule has 0 aliphatic heterocycles. The Morgan fingerprint density at radius 3 is 2.29 bits per heavy atom. The normalized spacial score (nSPS) is 38.5. The monoisotopic (exact) mass is 305 g/mol. The van der Waals surface area contributed by atoms with Crippen LogP contribution in [0.2, 0.25) is 5.02 Å². The average Bonchev–Trinajstić information content (AvgIpc) is 2.46. The quantitative estimate of drug-likeness (QED) is 0.897. The third kappa shape index (κ3) is 2.27. The highest BCUT2D eigenvalue weighted by atomic mass is 35.5. The van der Waals surface area contributed by atoms with Gasteiger partial charge in [0.1, 0.15) is 5.75 Å². The molecule has 0 saturated heterocycles. The summed E-state index contributed by atoms with van der Waals surface area (Å²) < 4.78 is 5.35. The molecule has 4 aliphatic carbocycles. The highest BCUT2D eigenvalue weighted by Crippen LogP contribution is 2.59. The van der Waals surface area contributed by atoms with E-state index in [1.807, 2.05) is 12.1 Å². The van der Waals surface area contributed by atoms with Gasteiger partial charge in [-0.1, -0.05) is 17.7 Å². The van der Waals surface area contributed by atoms with Crippen LogP contribution >= 0.6 is 11.6 Å². The first-order chi connectivity index (χ1) is 10.2. The third-order valence-electron chi connectivity index (χ3n) is 6.27. The molecule has 1 aromatic rings. The minimum Gasteiger partial charge on any atom is -0.495 e. The number of rotatable bonds is 3. The maximum Gasteiger partial charge on any atom is 0.137 e. The molecule has 3 heteroatoms. The van der Waals surface area contributed by atoms with Crippen LogP contribution in [0.3, 0.4) is 0 Å². The lowest BCUT2D eigenvalue weighted by molar-refractivity contribution is -0.0471. The molecule has 1 atom stereocenters. The van der Waals surface area contributed by atoms with Gasteiger partial charge in [-0.05, 0) is 79.4 Å². The molecule has 114 valence electrons. The van der Waals surface area contributed by atoms with Gasteiger partial charge in [-0.2, -0.15) is 0 Å². The van der Waals surface area contributed by atoms with Crippen LogP contribution in [-0.4, -0.2) is 7.11 Å². The Morgan fingerprint density at radius 1 is 1.10 bits per heavy atom. The van der Waals surface area contributed by atoms with E-state index in [2.05, 4.69) is 6.07 Å². The second-order valence-corrected chi connectivity index (χ2v) is 7.84. The lowest BCUT2D eigenvalue weighted by atomic mass is 9.50. The largest absolute Gasteiger partial charge is 0.495 e. The van der Waals surface area contributed by atoms with Crippen LogP contribution in [0, 0.1) is 29.6 Å². The first-order valence-electron chi connectivity index (χ1n) is 8.24. The predicted octanol–water partition coefficient (Wildman–Crippen LogP) is 4.42. The topological polar surface area (TPSA) is 35.2 Å². The summed E-state index contributed by atoms with van der Waals surface area (Å²) in [6, 6.07) is 6.18. The summed E-state index contributed by atoms with van der Waals surface area (Å²) in [4.78, 5) is 0. The van der Waals surface area contributed by atoms with E-state index in [9.17, 15) is 0 Å². The predicted molar refractivity (Wildman–Crippen MR) is 85.5 cm³/mol. The zero-order valence-electron chi connectivity index (χ0n) is 12.6. The number of hydrogen-bond acceptors (Lipinski definition) is 2. The number of halogens is 1. The summed E-state index contributed by atoms with van der Waals surface area (Å²) in [6.07, 6.45) is 7.14. The molecule has 2 N–H and O–H groups in total. The fourth-order valence-electron chi connectivity index (χ4n) is 5.66. The van der Waals surface area contributed by atoms with Crippen molar-refractivity contribution in [2.24, 2.45) is 35.3 Å². The number of ether oxygens (including phenoxy) is 1. The maximum atomic E-state index is 6.70. The number of nitrogens with two attached hydrogens (primary N) is 1. The van der Waals surface area contributed by atoms with E-state index in [1.165, 1.54) is 37.7 Å². The Balaban J connectivity index is 1.61. The molecule has 4 saturated carbocycles. The summed E-state index contributed by atoms with van der Waals surface area (Å²) in [5.41, 5.74) is 7.88. The zero-order chi connectivity index (χ0) is 14.6. The van der Waals surface area contributed by atoms with Gasteiger partial charge in [-0.15, -0.1) is 0 Å². The van der Waals surface area contributed by atoms with Gasteiger partial charge in [-0.3, -0.25) is 0 Å². The molecule has 0 heterocycles. The van der Waals surface area contributed by atoms with Crippen molar-refractivity contribution in [2.45, 2.75) is 38.1 Å². The molecule has 4 bridgehead atoms. The SMILES string of the molecule is COc1cc(C(N)C2C3CC4CC(C3)CC2C4)ccc1Cl. The van der Waals surface area contributed by atoms with Crippen LogP contribution in [-0.2, 0) is 0 Å². The summed E-state index contributed by atoms with van der Waals surface area (Å²) in [5.74, 6) is 5.08. The van der Waals surface area contributed by atoms with Gasteiger partial charge >= 0.3 is 0 Å². The molecule has 1 unspecified atom stereocenters. The molecule has 4 fully saturated rings. The van der Waals surface area contributed by atoms with Crippen molar-refractivity contribution in [3.63, 3.8) is 0 Å². The fourth-order valence-corrected chi connectivity index (χ4v) is 5.85. The average molecular weight is 306 g/mol. The smallest absolute Gasteiger partial charge is 0.137 e. The van der Waals surface area contributed by atoms with Crippen LogP contribution < -0.4 is 10.5 Å². The van der Waals surface area contributed by atoms with E-state index in [4.69, 9.17) is 22.1 Å². The van der Waals surface area contributed by atoms with E-state index in [1.54, 1.807) is 7.11 Å². The van der Waals surface area contributed by atoms with E-state index in [0.717, 1.165) is 29.4 Å². The van der Waals surface area contributed by atoms with Crippen LogP contribution in [0.25, 0.3) is 0 Å². The van der Waals surface area contributed by atoms with Gasteiger partial charge < -0.3 is 10.5 Å².